The minimum Gasteiger partial charge on any atom is -0.208 e. The monoisotopic (exact) mass is 676 g/mol. The van der Waals surface area contributed by atoms with E-state index in [9.17, 15) is 5.26 Å². The maximum atomic E-state index is 9.34. The Balaban J connectivity index is 1.08. The van der Waals surface area contributed by atoms with Gasteiger partial charge in [-0.05, 0) is 63.4 Å². The molecule has 0 bridgehead atoms. The van der Waals surface area contributed by atoms with Crippen molar-refractivity contribution in [2.24, 2.45) is 0 Å². The van der Waals surface area contributed by atoms with E-state index in [1.54, 1.807) is 6.07 Å². The molecule has 0 saturated heterocycles. The van der Waals surface area contributed by atoms with Crippen LogP contribution < -0.4 is 0 Å². The Hall–Kier alpha value is -6.19. The van der Waals surface area contributed by atoms with Gasteiger partial charge in [-0.1, -0.05) is 133 Å². The zero-order chi connectivity index (χ0) is 33.6. The lowest BCUT2D eigenvalue weighted by molar-refractivity contribution is 1.07. The molecular weight excluding hydrogens is 652 g/mol. The molecule has 0 aliphatic rings. The van der Waals surface area contributed by atoms with Crippen molar-refractivity contribution in [2.75, 3.05) is 0 Å². The molecule has 0 amide bonds. The average Bonchev–Trinajstić information content (AvgIpc) is 3.56. The zero-order valence-corrected chi connectivity index (χ0v) is 28.1. The number of benzene rings is 7. The quantitative estimate of drug-likeness (QED) is 0.182. The van der Waals surface area contributed by atoms with E-state index in [-0.39, 0.29) is 0 Å². The Labute approximate surface area is 297 Å². The van der Waals surface area contributed by atoms with E-state index >= 15 is 0 Å². The van der Waals surface area contributed by atoms with Crippen LogP contribution in [0.3, 0.4) is 0 Å². The predicted molar refractivity (Wildman–Crippen MR) is 207 cm³/mol. The lowest BCUT2D eigenvalue weighted by Crippen LogP contribution is -2.00. The first-order valence-corrected chi connectivity index (χ1v) is 17.4. The van der Waals surface area contributed by atoms with Gasteiger partial charge in [0.15, 0.2) is 17.5 Å². The fraction of sp³-hybridized carbons (Fsp3) is 0. The number of hydrogen-bond acceptors (Lipinski definition) is 5. The summed E-state index contributed by atoms with van der Waals surface area (Å²) in [6.45, 7) is 0. The molecule has 0 fully saturated rings. The molecule has 7 aromatic carbocycles. The Kier molecular flexibility index (Phi) is 7.39. The van der Waals surface area contributed by atoms with Crippen molar-refractivity contribution < 1.29 is 0 Å². The van der Waals surface area contributed by atoms with E-state index in [1.807, 2.05) is 78.1 Å². The van der Waals surface area contributed by atoms with Crippen molar-refractivity contribution >= 4 is 53.9 Å². The van der Waals surface area contributed by atoms with Crippen LogP contribution in [0.4, 0.5) is 0 Å². The topological polar surface area (TPSA) is 62.5 Å². The van der Waals surface area contributed by atoms with E-state index in [4.69, 9.17) is 26.6 Å². The number of fused-ring (bicyclic) bond motifs is 5. The average molecular weight is 677 g/mol. The minimum atomic E-state index is 0.546. The molecule has 2 aromatic heterocycles. The van der Waals surface area contributed by atoms with Crippen LogP contribution in [0.5, 0.6) is 0 Å². The second-order valence-corrected chi connectivity index (χ2v) is 13.6. The highest BCUT2D eigenvalue weighted by atomic mass is 35.5. The van der Waals surface area contributed by atoms with Crippen LogP contribution in [0.2, 0.25) is 5.02 Å². The van der Waals surface area contributed by atoms with Crippen molar-refractivity contribution in [3.05, 3.63) is 162 Å². The molecule has 0 unspecified atom stereocenters. The number of nitrogens with zero attached hydrogens (tertiary/aromatic N) is 4. The van der Waals surface area contributed by atoms with Crippen LogP contribution in [0.1, 0.15) is 5.56 Å². The van der Waals surface area contributed by atoms with Gasteiger partial charge in [0, 0.05) is 41.9 Å². The summed E-state index contributed by atoms with van der Waals surface area (Å²) in [6, 6.07) is 53.6. The molecular formula is C44H25ClN4S. The first kappa shape index (κ1) is 29.9. The van der Waals surface area contributed by atoms with Crippen LogP contribution >= 0.6 is 22.9 Å². The molecule has 50 heavy (non-hydrogen) atoms. The molecule has 9 rings (SSSR count). The van der Waals surface area contributed by atoms with E-state index in [0.29, 0.717) is 28.1 Å². The lowest BCUT2D eigenvalue weighted by atomic mass is 10.0. The summed E-state index contributed by atoms with van der Waals surface area (Å²) in [4.78, 5) is 14.7. The molecule has 0 aliphatic carbocycles. The number of hydrogen-bond donors (Lipinski definition) is 0. The van der Waals surface area contributed by atoms with Gasteiger partial charge in [0.25, 0.3) is 0 Å². The Morgan fingerprint density at radius 3 is 1.74 bits per heavy atom. The van der Waals surface area contributed by atoms with Crippen LogP contribution in [-0.2, 0) is 0 Å². The van der Waals surface area contributed by atoms with Gasteiger partial charge in [-0.3, -0.25) is 0 Å². The highest BCUT2D eigenvalue weighted by Gasteiger charge is 2.14. The van der Waals surface area contributed by atoms with E-state index in [1.165, 1.54) is 30.9 Å². The molecule has 234 valence electrons. The molecule has 4 nitrogen and oxygen atoms in total. The zero-order valence-electron chi connectivity index (χ0n) is 26.5. The van der Waals surface area contributed by atoms with Gasteiger partial charge >= 0.3 is 0 Å². The summed E-state index contributed by atoms with van der Waals surface area (Å²) in [6.07, 6.45) is 0. The largest absolute Gasteiger partial charge is 0.208 e. The van der Waals surface area contributed by atoms with Crippen LogP contribution in [-0.4, -0.2) is 15.0 Å². The van der Waals surface area contributed by atoms with Crippen molar-refractivity contribution in [1.29, 1.82) is 5.26 Å². The standard InChI is InChI=1S/C44H25ClN4S/c45-36-9-4-8-35(24-36)44-48-42(31-15-11-28(12-16-31)33-7-3-5-27(23-33)26-46)47-43(49-44)32-17-13-29(14-18-32)34-20-21-38-39-22-19-30-6-1-2-10-37(30)41(39)50-40(38)25-34/h1-25H. The summed E-state index contributed by atoms with van der Waals surface area (Å²) in [7, 11) is 0. The van der Waals surface area contributed by atoms with Gasteiger partial charge in [-0.25, -0.2) is 15.0 Å². The maximum absolute atomic E-state index is 9.34. The van der Waals surface area contributed by atoms with Crippen molar-refractivity contribution in [3.63, 3.8) is 0 Å². The highest BCUT2D eigenvalue weighted by molar-refractivity contribution is 7.26. The molecule has 0 spiro atoms. The third kappa shape index (κ3) is 5.47. The van der Waals surface area contributed by atoms with Crippen LogP contribution in [0.25, 0.3) is 87.4 Å². The summed E-state index contributed by atoms with van der Waals surface area (Å²) < 4.78 is 2.60. The first-order valence-electron chi connectivity index (χ1n) is 16.2. The highest BCUT2D eigenvalue weighted by Crippen LogP contribution is 2.40. The third-order valence-electron chi connectivity index (χ3n) is 9.03. The number of thiophene rings is 1. The fourth-order valence-electron chi connectivity index (χ4n) is 6.47. The number of halogens is 1. The molecule has 9 aromatic rings. The minimum absolute atomic E-state index is 0.546. The Morgan fingerprint density at radius 2 is 1.04 bits per heavy atom. The molecule has 0 N–H and O–H groups in total. The van der Waals surface area contributed by atoms with Crippen LogP contribution in [0, 0.1) is 11.3 Å². The predicted octanol–water partition coefficient (Wildman–Crippen LogP) is 12.3. The third-order valence-corrected chi connectivity index (χ3v) is 10.5. The molecule has 0 radical (unpaired) electrons. The molecule has 2 heterocycles. The maximum Gasteiger partial charge on any atom is 0.164 e. The lowest BCUT2D eigenvalue weighted by Gasteiger charge is -2.10. The summed E-state index contributed by atoms with van der Waals surface area (Å²) in [5.74, 6) is 1.69. The van der Waals surface area contributed by atoms with Gasteiger partial charge in [0.1, 0.15) is 0 Å². The van der Waals surface area contributed by atoms with E-state index < -0.39 is 0 Å². The van der Waals surface area contributed by atoms with Gasteiger partial charge in [-0.15, -0.1) is 11.3 Å². The molecule has 0 aliphatic heterocycles. The SMILES string of the molecule is N#Cc1cccc(-c2ccc(-c3nc(-c4ccc(-c5ccc6c(c5)sc5c7ccccc7ccc65)cc4)nc(-c4cccc(Cl)c4)n3)cc2)c1. The van der Waals surface area contributed by atoms with Crippen LogP contribution in [0.15, 0.2) is 152 Å². The van der Waals surface area contributed by atoms with Gasteiger partial charge in [-0.2, -0.15) is 5.26 Å². The van der Waals surface area contributed by atoms with Gasteiger partial charge in [0.05, 0.1) is 11.6 Å². The summed E-state index contributed by atoms with van der Waals surface area (Å²) >= 11 is 8.23. The molecule has 6 heteroatoms. The van der Waals surface area contributed by atoms with Crippen molar-refractivity contribution in [3.8, 4) is 62.5 Å². The van der Waals surface area contributed by atoms with E-state index in [0.717, 1.165) is 38.9 Å². The Bertz CT molecular complexity index is 2780. The smallest absolute Gasteiger partial charge is 0.164 e. The van der Waals surface area contributed by atoms with Crippen molar-refractivity contribution in [1.82, 2.24) is 15.0 Å². The normalized spacial score (nSPS) is 11.3. The fourth-order valence-corrected chi connectivity index (χ4v) is 7.93. The van der Waals surface area contributed by atoms with Crippen molar-refractivity contribution in [2.45, 2.75) is 0 Å². The van der Waals surface area contributed by atoms with E-state index in [2.05, 4.69) is 84.9 Å². The second-order valence-electron chi connectivity index (χ2n) is 12.1. The summed E-state index contributed by atoms with van der Waals surface area (Å²) in [5, 5.41) is 15.1. The van der Waals surface area contributed by atoms with Gasteiger partial charge < -0.3 is 0 Å². The number of nitriles is 1. The summed E-state index contributed by atoms with van der Waals surface area (Å²) in [5.41, 5.74) is 7.46. The number of rotatable bonds is 5. The molecule has 0 saturated carbocycles. The Morgan fingerprint density at radius 1 is 0.460 bits per heavy atom. The number of aromatic nitrogens is 3. The molecule has 0 atom stereocenters. The van der Waals surface area contributed by atoms with Gasteiger partial charge in [0.2, 0.25) is 0 Å². The second kappa shape index (κ2) is 12.4. The first-order chi connectivity index (χ1) is 24.6.